The molecule has 0 aromatic heterocycles. The molecule has 0 aliphatic carbocycles. The molecule has 0 heterocycles. The summed E-state index contributed by atoms with van der Waals surface area (Å²) in [5.41, 5.74) is 7.41. The van der Waals surface area contributed by atoms with Gasteiger partial charge >= 0.3 is 0 Å². The number of rotatable bonds is 3. The third-order valence-electron chi connectivity index (χ3n) is 1.31. The second-order valence-electron chi connectivity index (χ2n) is 2.01. The van der Waals surface area contributed by atoms with Crippen LogP contribution in [0, 0.1) is 5.69 Å². The summed E-state index contributed by atoms with van der Waals surface area (Å²) in [7, 11) is 0. The highest BCUT2D eigenvalue weighted by molar-refractivity contribution is 7.86. The number of nitrogens with one attached hydrogen (secondary N) is 1. The summed E-state index contributed by atoms with van der Waals surface area (Å²) in [6, 6.07) is 0. The summed E-state index contributed by atoms with van der Waals surface area (Å²) >= 11 is 1.09. The van der Waals surface area contributed by atoms with Crippen molar-refractivity contribution in [3.8, 4) is 5.69 Å². The maximum atomic E-state index is 5.26. The van der Waals surface area contributed by atoms with E-state index in [0.29, 0.717) is 0 Å². The Kier molecular flexibility index (Phi) is 43.3. The summed E-state index contributed by atoms with van der Waals surface area (Å²) in [5.74, 6) is 0. The molecule has 0 atom stereocenters. The van der Waals surface area contributed by atoms with Gasteiger partial charge in [0.1, 0.15) is 0 Å². The van der Waals surface area contributed by atoms with E-state index in [1.165, 1.54) is 0 Å². The van der Waals surface area contributed by atoms with Crippen molar-refractivity contribution in [1.29, 1.82) is 0 Å². The van der Waals surface area contributed by atoms with Crippen LogP contribution in [-0.4, -0.2) is 0 Å². The van der Waals surface area contributed by atoms with E-state index in [4.69, 9.17) is 5.69 Å². The van der Waals surface area contributed by atoms with Gasteiger partial charge in [-0.2, -0.15) is 0 Å². The second-order valence-corrected chi connectivity index (χ2v) is 2.45. The van der Waals surface area contributed by atoms with Crippen LogP contribution in [0.25, 0.3) is 0 Å². The molecule has 102 valence electrons. The van der Waals surface area contributed by atoms with Crippen molar-refractivity contribution >= 4 is 11.4 Å². The largest absolute Gasteiger partial charge is 0.305 e. The molecule has 2 heteroatoms. The first-order valence-electron chi connectivity index (χ1n) is 6.34. The van der Waals surface area contributed by atoms with Crippen LogP contribution in [0.5, 0.6) is 0 Å². The van der Waals surface area contributed by atoms with Gasteiger partial charge in [-0.1, -0.05) is 66.0 Å². The molecule has 0 rings (SSSR count). The molecular formula is C15H31NS. The summed E-state index contributed by atoms with van der Waals surface area (Å²) in [6.07, 6.45) is 5.62. The lowest BCUT2D eigenvalue weighted by molar-refractivity contribution is 1.20. The molecule has 17 heavy (non-hydrogen) atoms. The Bertz CT molecular complexity index is 232. The van der Waals surface area contributed by atoms with Crippen molar-refractivity contribution < 1.29 is 0 Å². The van der Waals surface area contributed by atoms with Crippen LogP contribution in [0.15, 0.2) is 36.1 Å². The lowest BCUT2D eigenvalue weighted by Crippen LogP contribution is -2.00. The Labute approximate surface area is 113 Å². The molecule has 0 radical (unpaired) electrons. The first-order valence-corrected chi connectivity index (χ1v) is 7.22. The smallest absolute Gasteiger partial charge is 0.0508 e. The standard InChI is InChI=1S/C9H13NS.3C2H6/c1-5-7-9(10-11-4)8(3)6-2;3*1-2/h4-7,10H,1H2,2-3H3;3*1-2H3/b8-6-,9-7+;;;. The summed E-state index contributed by atoms with van der Waals surface area (Å²) in [6.45, 7) is 19.6. The van der Waals surface area contributed by atoms with Crippen molar-refractivity contribution in [3.63, 3.8) is 0 Å². The van der Waals surface area contributed by atoms with Crippen LogP contribution in [0.2, 0.25) is 0 Å². The minimum atomic E-state index is 0.995. The maximum Gasteiger partial charge on any atom is 0.0508 e. The minimum Gasteiger partial charge on any atom is -0.305 e. The molecule has 0 spiro atoms. The van der Waals surface area contributed by atoms with Crippen LogP contribution in [0.4, 0.5) is 0 Å². The van der Waals surface area contributed by atoms with E-state index in [9.17, 15) is 0 Å². The van der Waals surface area contributed by atoms with Gasteiger partial charge in [0, 0.05) is 0 Å². The zero-order valence-electron chi connectivity index (χ0n) is 12.9. The number of hydrogen-bond donors (Lipinski definition) is 1. The first kappa shape index (κ1) is 25.0. The number of allylic oxidation sites excluding steroid dienone is 4. The van der Waals surface area contributed by atoms with Gasteiger partial charge in [-0.05, 0) is 36.9 Å². The van der Waals surface area contributed by atoms with Gasteiger partial charge in [0.15, 0.2) is 0 Å². The molecule has 0 unspecified atom stereocenters. The van der Waals surface area contributed by atoms with Crippen LogP contribution in [-0.2, 0) is 0 Å². The molecule has 0 aliphatic rings. The highest BCUT2D eigenvalue weighted by atomic mass is 32.1. The average Bonchev–Trinajstić information content (AvgIpc) is 2.44. The Hall–Kier alpha value is -0.980. The quantitative estimate of drug-likeness (QED) is 0.488. The first-order chi connectivity index (χ1) is 8.26. The zero-order chi connectivity index (χ0) is 14.7. The van der Waals surface area contributed by atoms with E-state index in [1.54, 1.807) is 6.08 Å². The third-order valence-corrected chi connectivity index (χ3v) is 1.65. The van der Waals surface area contributed by atoms with Crippen molar-refractivity contribution in [2.45, 2.75) is 55.4 Å². The molecule has 0 saturated heterocycles. The predicted octanol–water partition coefficient (Wildman–Crippen LogP) is 5.93. The van der Waals surface area contributed by atoms with E-state index in [0.717, 1.165) is 22.6 Å². The van der Waals surface area contributed by atoms with E-state index in [2.05, 4.69) is 11.3 Å². The molecule has 0 amide bonds. The van der Waals surface area contributed by atoms with E-state index in [1.807, 2.05) is 67.5 Å². The normalized spacial score (nSPS) is 9.12. The third kappa shape index (κ3) is 21.0. The molecular weight excluding hydrogens is 226 g/mol. The van der Waals surface area contributed by atoms with Gasteiger partial charge < -0.3 is 4.72 Å². The lowest BCUT2D eigenvalue weighted by Gasteiger charge is -2.03. The van der Waals surface area contributed by atoms with Gasteiger partial charge in [-0.3, -0.25) is 0 Å². The van der Waals surface area contributed by atoms with Crippen molar-refractivity contribution in [1.82, 2.24) is 4.72 Å². The molecule has 0 saturated carbocycles. The van der Waals surface area contributed by atoms with Crippen LogP contribution < -0.4 is 4.72 Å². The zero-order valence-corrected chi connectivity index (χ0v) is 13.7. The topological polar surface area (TPSA) is 12.0 Å². The van der Waals surface area contributed by atoms with E-state index in [-0.39, 0.29) is 0 Å². The minimum absolute atomic E-state index is 0.995. The highest BCUT2D eigenvalue weighted by Gasteiger charge is 1.92. The van der Waals surface area contributed by atoms with Crippen molar-refractivity contribution in [2.24, 2.45) is 0 Å². The second kappa shape index (κ2) is 29.4. The predicted molar refractivity (Wildman–Crippen MR) is 87.4 cm³/mol. The SMILES string of the molecule is C#SNC(=C/C=C)/C(C)=C\C.CC.CC.CC. The molecule has 0 fully saturated rings. The molecule has 0 aromatic rings. The van der Waals surface area contributed by atoms with E-state index >= 15 is 0 Å². The molecule has 0 bridgehead atoms. The Morgan fingerprint density at radius 1 is 1.12 bits per heavy atom. The fraction of sp³-hybridized carbons (Fsp3) is 0.533. The monoisotopic (exact) mass is 257 g/mol. The van der Waals surface area contributed by atoms with E-state index < -0.39 is 0 Å². The fourth-order valence-electron chi connectivity index (χ4n) is 0.583. The van der Waals surface area contributed by atoms with Gasteiger partial charge in [-0.15, -0.1) is 0 Å². The highest BCUT2D eigenvalue weighted by Crippen LogP contribution is 2.06. The molecule has 0 aromatic carbocycles. The van der Waals surface area contributed by atoms with Gasteiger partial charge in [0.25, 0.3) is 0 Å². The Balaban J connectivity index is -0.000000121. The van der Waals surface area contributed by atoms with Gasteiger partial charge in [-0.25, -0.2) is 0 Å². The number of hydrogen-bond acceptors (Lipinski definition) is 1. The summed E-state index contributed by atoms with van der Waals surface area (Å²) in [4.78, 5) is 0. The van der Waals surface area contributed by atoms with Gasteiger partial charge in [0.05, 0.1) is 5.70 Å². The molecule has 1 N–H and O–H groups in total. The van der Waals surface area contributed by atoms with Crippen molar-refractivity contribution in [3.05, 3.63) is 36.1 Å². The van der Waals surface area contributed by atoms with Crippen molar-refractivity contribution in [2.75, 3.05) is 0 Å². The molecule has 1 nitrogen and oxygen atoms in total. The fourth-order valence-corrected chi connectivity index (χ4v) is 0.939. The Morgan fingerprint density at radius 3 is 1.76 bits per heavy atom. The summed E-state index contributed by atoms with van der Waals surface area (Å²) in [5, 5.41) is 0. The molecule has 0 aliphatic heterocycles. The average molecular weight is 257 g/mol. The summed E-state index contributed by atoms with van der Waals surface area (Å²) < 4.78 is 2.95. The van der Waals surface area contributed by atoms with Crippen LogP contribution >= 0.6 is 11.4 Å². The van der Waals surface area contributed by atoms with Gasteiger partial charge in [0.2, 0.25) is 0 Å². The van der Waals surface area contributed by atoms with Crippen LogP contribution in [0.1, 0.15) is 55.4 Å². The maximum absolute atomic E-state index is 5.26. The lowest BCUT2D eigenvalue weighted by atomic mass is 10.2. The van der Waals surface area contributed by atoms with Crippen LogP contribution in [0.3, 0.4) is 0 Å². The Morgan fingerprint density at radius 2 is 1.53 bits per heavy atom.